The standard InChI is InChI=1S/C5H12N2S2/c1-5-3-7(2)6-9(8)4-5/h5-6H,3-4H2,1-2H3. The van der Waals surface area contributed by atoms with Crippen molar-refractivity contribution >= 4 is 20.8 Å². The van der Waals surface area contributed by atoms with Crippen molar-refractivity contribution in [2.45, 2.75) is 6.92 Å². The predicted molar refractivity (Wildman–Crippen MR) is 44.5 cm³/mol. The van der Waals surface area contributed by atoms with E-state index in [-0.39, 0.29) is 9.64 Å². The fourth-order valence-corrected chi connectivity index (χ4v) is 3.22. The van der Waals surface area contributed by atoms with Crippen LogP contribution < -0.4 is 4.83 Å². The van der Waals surface area contributed by atoms with Gasteiger partial charge in [-0.3, -0.25) is 0 Å². The van der Waals surface area contributed by atoms with Gasteiger partial charge < -0.3 is 0 Å². The van der Waals surface area contributed by atoms with E-state index >= 15 is 0 Å². The van der Waals surface area contributed by atoms with Crippen LogP contribution in [0.25, 0.3) is 0 Å². The summed E-state index contributed by atoms with van der Waals surface area (Å²) in [4.78, 5) is 3.19. The highest BCUT2D eigenvalue weighted by molar-refractivity contribution is 8.27. The first kappa shape index (κ1) is 7.60. The van der Waals surface area contributed by atoms with E-state index in [4.69, 9.17) is 11.2 Å². The molecule has 9 heavy (non-hydrogen) atoms. The summed E-state index contributed by atoms with van der Waals surface area (Å²) >= 11 is 5.12. The van der Waals surface area contributed by atoms with Gasteiger partial charge in [0.25, 0.3) is 0 Å². The second-order valence-electron chi connectivity index (χ2n) is 2.59. The topological polar surface area (TPSA) is 15.3 Å². The molecule has 1 heterocycles. The molecule has 2 unspecified atom stereocenters. The minimum atomic E-state index is 0.00887. The quantitative estimate of drug-likeness (QED) is 0.545. The van der Waals surface area contributed by atoms with E-state index in [0.717, 1.165) is 18.2 Å². The lowest BCUT2D eigenvalue weighted by molar-refractivity contribution is 0.260. The SMILES string of the molecule is CC1CN(C)NS(=S)C1. The molecule has 4 heteroatoms. The molecule has 0 bridgehead atoms. The summed E-state index contributed by atoms with van der Waals surface area (Å²) in [6, 6.07) is 0. The Hall–Kier alpha value is 0.490. The second-order valence-corrected chi connectivity index (χ2v) is 5.00. The maximum atomic E-state index is 5.12. The molecule has 0 aromatic rings. The normalized spacial score (nSPS) is 38.9. The van der Waals surface area contributed by atoms with Crippen molar-refractivity contribution < 1.29 is 0 Å². The van der Waals surface area contributed by atoms with Crippen LogP contribution in [0.5, 0.6) is 0 Å². The summed E-state index contributed by atoms with van der Waals surface area (Å²) in [5.74, 6) is 1.91. The van der Waals surface area contributed by atoms with Crippen molar-refractivity contribution in [1.82, 2.24) is 9.84 Å². The van der Waals surface area contributed by atoms with Crippen LogP contribution in [0.4, 0.5) is 0 Å². The minimum Gasteiger partial charge on any atom is -0.237 e. The number of hydrazine groups is 1. The third-order valence-corrected chi connectivity index (χ3v) is 3.30. The Balaban J connectivity index is 2.43. The zero-order valence-corrected chi connectivity index (χ0v) is 7.39. The van der Waals surface area contributed by atoms with Crippen LogP contribution in [-0.4, -0.2) is 24.4 Å². The van der Waals surface area contributed by atoms with Gasteiger partial charge in [-0.05, 0) is 26.7 Å². The summed E-state index contributed by atoms with van der Waals surface area (Å²) in [6.45, 7) is 3.36. The third-order valence-electron chi connectivity index (χ3n) is 1.28. The van der Waals surface area contributed by atoms with Crippen molar-refractivity contribution in [2.75, 3.05) is 19.3 Å². The summed E-state index contributed by atoms with van der Waals surface area (Å²) in [7, 11) is 2.05. The van der Waals surface area contributed by atoms with Crippen LogP contribution in [0, 0.1) is 5.92 Å². The molecule has 0 aromatic carbocycles. The van der Waals surface area contributed by atoms with Gasteiger partial charge in [-0.1, -0.05) is 6.92 Å². The lowest BCUT2D eigenvalue weighted by Gasteiger charge is -2.29. The van der Waals surface area contributed by atoms with Crippen LogP contribution in [-0.2, 0) is 20.8 Å². The van der Waals surface area contributed by atoms with Gasteiger partial charge in [-0.25, -0.2) is 5.01 Å². The molecule has 0 aromatic heterocycles. The molecule has 2 nitrogen and oxygen atoms in total. The molecule has 54 valence electrons. The van der Waals surface area contributed by atoms with Crippen LogP contribution >= 0.6 is 0 Å². The number of hydrogen-bond donors (Lipinski definition) is 1. The fourth-order valence-electron chi connectivity index (χ4n) is 1.03. The largest absolute Gasteiger partial charge is 0.237 e. The first-order chi connectivity index (χ1) is 4.18. The minimum absolute atomic E-state index is 0.00887. The average Bonchev–Trinajstić information content (AvgIpc) is 1.59. The van der Waals surface area contributed by atoms with Gasteiger partial charge in [0.2, 0.25) is 0 Å². The van der Waals surface area contributed by atoms with E-state index in [9.17, 15) is 0 Å². The highest BCUT2D eigenvalue weighted by atomic mass is 32.8. The highest BCUT2D eigenvalue weighted by Crippen LogP contribution is 2.03. The molecule has 0 saturated carbocycles. The molecule has 1 fully saturated rings. The molecule has 0 spiro atoms. The van der Waals surface area contributed by atoms with Gasteiger partial charge in [-0.2, -0.15) is 4.83 Å². The molecule has 1 N–H and O–H groups in total. The monoisotopic (exact) mass is 164 g/mol. The lowest BCUT2D eigenvalue weighted by Crippen LogP contribution is -2.46. The molecule has 0 radical (unpaired) electrons. The maximum absolute atomic E-state index is 5.12. The maximum Gasteiger partial charge on any atom is 0.0171 e. The van der Waals surface area contributed by atoms with Crippen molar-refractivity contribution in [3.63, 3.8) is 0 Å². The molecular formula is C5H12N2S2. The van der Waals surface area contributed by atoms with Crippen LogP contribution in [0.3, 0.4) is 0 Å². The Bertz CT molecular complexity index is 114. The summed E-state index contributed by atoms with van der Waals surface area (Å²) in [6.07, 6.45) is 0. The summed E-state index contributed by atoms with van der Waals surface area (Å²) in [5.41, 5.74) is 0. The van der Waals surface area contributed by atoms with Crippen molar-refractivity contribution in [1.29, 1.82) is 0 Å². The molecule has 0 amide bonds. The van der Waals surface area contributed by atoms with E-state index in [1.165, 1.54) is 0 Å². The van der Waals surface area contributed by atoms with Crippen molar-refractivity contribution in [3.8, 4) is 0 Å². The molecular weight excluding hydrogens is 152 g/mol. The Kier molecular flexibility index (Phi) is 2.58. The third kappa shape index (κ3) is 2.29. The Labute approximate surface area is 63.3 Å². The van der Waals surface area contributed by atoms with Gasteiger partial charge in [0.15, 0.2) is 0 Å². The Morgan fingerprint density at radius 2 is 2.44 bits per heavy atom. The molecule has 1 aliphatic heterocycles. The van der Waals surface area contributed by atoms with Gasteiger partial charge >= 0.3 is 0 Å². The average molecular weight is 164 g/mol. The summed E-state index contributed by atoms with van der Waals surface area (Å²) in [5, 5.41) is 2.09. The van der Waals surface area contributed by atoms with Crippen molar-refractivity contribution in [2.24, 2.45) is 5.92 Å². The van der Waals surface area contributed by atoms with Gasteiger partial charge in [0.1, 0.15) is 0 Å². The first-order valence-corrected chi connectivity index (χ1v) is 5.36. The number of nitrogens with one attached hydrogen (secondary N) is 1. The molecule has 2 atom stereocenters. The van der Waals surface area contributed by atoms with E-state index in [2.05, 4.69) is 16.8 Å². The van der Waals surface area contributed by atoms with Crippen LogP contribution in [0.2, 0.25) is 0 Å². The predicted octanol–water partition coefficient (Wildman–Crippen LogP) is 0.0677. The summed E-state index contributed by atoms with van der Waals surface area (Å²) < 4.78 is 0. The van der Waals surface area contributed by atoms with Gasteiger partial charge in [-0.15, -0.1) is 0 Å². The Morgan fingerprint density at radius 1 is 1.78 bits per heavy atom. The number of nitrogens with zero attached hydrogens (tertiary/aromatic N) is 1. The Morgan fingerprint density at radius 3 is 2.89 bits per heavy atom. The zero-order valence-electron chi connectivity index (χ0n) is 5.76. The second kappa shape index (κ2) is 3.05. The number of rotatable bonds is 0. The molecule has 0 aliphatic carbocycles. The van der Waals surface area contributed by atoms with E-state index in [1.54, 1.807) is 0 Å². The van der Waals surface area contributed by atoms with Gasteiger partial charge in [0.05, 0.1) is 0 Å². The lowest BCUT2D eigenvalue weighted by atomic mass is 10.2. The van der Waals surface area contributed by atoms with E-state index in [1.807, 2.05) is 7.05 Å². The molecule has 1 aliphatic rings. The number of hydrogen-bond acceptors (Lipinski definition) is 2. The van der Waals surface area contributed by atoms with E-state index in [0.29, 0.717) is 0 Å². The van der Waals surface area contributed by atoms with Crippen LogP contribution in [0.15, 0.2) is 0 Å². The van der Waals surface area contributed by atoms with Crippen LogP contribution in [0.1, 0.15) is 6.92 Å². The molecule has 1 rings (SSSR count). The first-order valence-electron chi connectivity index (χ1n) is 3.04. The zero-order chi connectivity index (χ0) is 6.85. The van der Waals surface area contributed by atoms with E-state index < -0.39 is 0 Å². The fraction of sp³-hybridized carbons (Fsp3) is 1.00. The van der Waals surface area contributed by atoms with Crippen molar-refractivity contribution in [3.05, 3.63) is 0 Å². The van der Waals surface area contributed by atoms with Gasteiger partial charge in [0, 0.05) is 19.3 Å². The highest BCUT2D eigenvalue weighted by Gasteiger charge is 2.14. The smallest absolute Gasteiger partial charge is 0.0171 e. The molecule has 1 saturated heterocycles.